The first-order chi connectivity index (χ1) is 11.4. The predicted octanol–water partition coefficient (Wildman–Crippen LogP) is 3.95. The zero-order valence-electron chi connectivity index (χ0n) is 15.3. The smallest absolute Gasteiger partial charge is 0.236 e. The third-order valence-corrected chi connectivity index (χ3v) is 6.62. The van der Waals surface area contributed by atoms with Gasteiger partial charge in [0.25, 0.3) is 0 Å². The number of rotatable bonds is 3. The second-order valence-corrected chi connectivity index (χ2v) is 9.61. The van der Waals surface area contributed by atoms with Gasteiger partial charge < -0.3 is 10.2 Å². The number of carbonyl (C=O) groups is 1. The Morgan fingerprint density at radius 2 is 1.79 bits per heavy atom. The highest BCUT2D eigenvalue weighted by Gasteiger charge is 2.39. The van der Waals surface area contributed by atoms with Crippen LogP contribution < -0.4 is 5.32 Å². The van der Waals surface area contributed by atoms with Crippen LogP contribution in [-0.2, 0) is 10.2 Å². The summed E-state index contributed by atoms with van der Waals surface area (Å²) >= 11 is 1.80. The van der Waals surface area contributed by atoms with E-state index in [1.807, 2.05) is 6.92 Å². The summed E-state index contributed by atoms with van der Waals surface area (Å²) < 4.78 is 0. The topological polar surface area (TPSA) is 32.3 Å². The molecule has 2 heterocycles. The van der Waals surface area contributed by atoms with Crippen LogP contribution in [0.5, 0.6) is 0 Å². The molecular formula is C20H30N2OS. The van der Waals surface area contributed by atoms with E-state index in [1.54, 1.807) is 11.8 Å². The van der Waals surface area contributed by atoms with Crippen LogP contribution in [0.25, 0.3) is 0 Å². The van der Waals surface area contributed by atoms with E-state index >= 15 is 0 Å². The maximum atomic E-state index is 12.7. The molecule has 3 nitrogen and oxygen atoms in total. The summed E-state index contributed by atoms with van der Waals surface area (Å²) in [7, 11) is 0. The summed E-state index contributed by atoms with van der Waals surface area (Å²) in [6, 6.07) is 8.90. The summed E-state index contributed by atoms with van der Waals surface area (Å²) in [5, 5.41) is 3.66. The first-order valence-electron chi connectivity index (χ1n) is 9.13. The lowest BCUT2D eigenvalue weighted by Crippen LogP contribution is -2.38. The van der Waals surface area contributed by atoms with Crippen molar-refractivity contribution in [1.29, 1.82) is 0 Å². The van der Waals surface area contributed by atoms with Gasteiger partial charge in [0.1, 0.15) is 5.37 Å². The second kappa shape index (κ2) is 7.09. The number of nitrogens with one attached hydrogen (secondary N) is 1. The second-order valence-electron chi connectivity index (χ2n) is 8.19. The van der Waals surface area contributed by atoms with Crippen molar-refractivity contribution in [2.24, 2.45) is 5.92 Å². The van der Waals surface area contributed by atoms with Crippen LogP contribution in [0, 0.1) is 5.92 Å². The monoisotopic (exact) mass is 346 g/mol. The Hall–Kier alpha value is -1.00. The van der Waals surface area contributed by atoms with E-state index in [9.17, 15) is 4.79 Å². The van der Waals surface area contributed by atoms with E-state index in [2.05, 4.69) is 55.3 Å². The van der Waals surface area contributed by atoms with Gasteiger partial charge in [0.2, 0.25) is 5.91 Å². The van der Waals surface area contributed by atoms with Crippen LogP contribution in [0.2, 0.25) is 0 Å². The van der Waals surface area contributed by atoms with Crippen molar-refractivity contribution in [2.75, 3.05) is 19.6 Å². The highest BCUT2D eigenvalue weighted by atomic mass is 32.2. The van der Waals surface area contributed by atoms with Gasteiger partial charge in [0.15, 0.2) is 0 Å². The molecule has 24 heavy (non-hydrogen) atoms. The third kappa shape index (κ3) is 3.80. The quantitative estimate of drug-likeness (QED) is 0.899. The minimum Gasteiger partial charge on any atom is -0.325 e. The fourth-order valence-corrected chi connectivity index (χ4v) is 4.90. The van der Waals surface area contributed by atoms with Gasteiger partial charge in [0.05, 0.1) is 5.25 Å². The Kier molecular flexibility index (Phi) is 5.26. The SMILES string of the molecule is CC1SC(c2ccc(C(C)(C)C)cc2)N(CC2CCNCC2)C1=O. The molecule has 2 atom stereocenters. The molecule has 1 amide bonds. The van der Waals surface area contributed by atoms with Crippen molar-refractivity contribution in [1.82, 2.24) is 10.2 Å². The van der Waals surface area contributed by atoms with Crippen molar-refractivity contribution < 1.29 is 4.79 Å². The first kappa shape index (κ1) is 17.8. The van der Waals surface area contributed by atoms with Crippen molar-refractivity contribution >= 4 is 17.7 Å². The summed E-state index contributed by atoms with van der Waals surface area (Å²) in [5.74, 6) is 0.945. The summed E-state index contributed by atoms with van der Waals surface area (Å²) in [5.41, 5.74) is 2.78. The molecule has 2 saturated heterocycles. The van der Waals surface area contributed by atoms with Crippen LogP contribution in [-0.4, -0.2) is 35.7 Å². The number of carbonyl (C=O) groups excluding carboxylic acids is 1. The van der Waals surface area contributed by atoms with Crippen molar-refractivity contribution in [3.05, 3.63) is 35.4 Å². The number of piperidine rings is 1. The van der Waals surface area contributed by atoms with Gasteiger partial charge in [-0.05, 0) is 55.3 Å². The van der Waals surface area contributed by atoms with Crippen molar-refractivity contribution in [3.8, 4) is 0 Å². The van der Waals surface area contributed by atoms with E-state index in [0.29, 0.717) is 11.8 Å². The highest BCUT2D eigenvalue weighted by molar-refractivity contribution is 8.01. The molecule has 1 aromatic carbocycles. The van der Waals surface area contributed by atoms with Crippen LogP contribution in [0.1, 0.15) is 57.0 Å². The van der Waals surface area contributed by atoms with Crippen molar-refractivity contribution in [2.45, 2.75) is 56.6 Å². The number of hydrogen-bond acceptors (Lipinski definition) is 3. The fraction of sp³-hybridized carbons (Fsp3) is 0.650. The zero-order chi connectivity index (χ0) is 17.3. The lowest BCUT2D eigenvalue weighted by molar-refractivity contribution is -0.130. The van der Waals surface area contributed by atoms with Crippen LogP contribution >= 0.6 is 11.8 Å². The molecule has 2 aliphatic rings. The minimum absolute atomic E-state index is 0.0685. The van der Waals surface area contributed by atoms with Gasteiger partial charge in [-0.3, -0.25) is 4.79 Å². The molecule has 132 valence electrons. The molecule has 0 saturated carbocycles. The van der Waals surface area contributed by atoms with E-state index < -0.39 is 0 Å². The maximum absolute atomic E-state index is 12.7. The normalized spacial score (nSPS) is 26.2. The molecule has 1 N–H and O–H groups in total. The Morgan fingerprint density at radius 3 is 2.38 bits per heavy atom. The lowest BCUT2D eigenvalue weighted by Gasteiger charge is -2.31. The molecule has 0 radical (unpaired) electrons. The molecule has 0 spiro atoms. The zero-order valence-corrected chi connectivity index (χ0v) is 16.2. The molecule has 1 aromatic rings. The average Bonchev–Trinajstić information content (AvgIpc) is 2.84. The largest absolute Gasteiger partial charge is 0.325 e. The first-order valence-corrected chi connectivity index (χ1v) is 10.1. The molecule has 2 fully saturated rings. The van der Waals surface area contributed by atoms with Crippen LogP contribution in [0.4, 0.5) is 0 Å². The predicted molar refractivity (Wildman–Crippen MR) is 102 cm³/mol. The molecule has 3 rings (SSSR count). The van der Waals surface area contributed by atoms with E-state index in [4.69, 9.17) is 0 Å². The average molecular weight is 347 g/mol. The van der Waals surface area contributed by atoms with E-state index in [-0.39, 0.29) is 16.0 Å². The highest BCUT2D eigenvalue weighted by Crippen LogP contribution is 2.44. The molecule has 0 bridgehead atoms. The number of thioether (sulfide) groups is 1. The molecule has 0 aliphatic carbocycles. The number of hydrogen-bond donors (Lipinski definition) is 1. The van der Waals surface area contributed by atoms with E-state index in [1.165, 1.54) is 24.0 Å². The van der Waals surface area contributed by atoms with Crippen LogP contribution in [0.15, 0.2) is 24.3 Å². The van der Waals surface area contributed by atoms with Gasteiger partial charge in [0, 0.05) is 6.54 Å². The Bertz CT molecular complexity index is 572. The van der Waals surface area contributed by atoms with Gasteiger partial charge in [-0.25, -0.2) is 0 Å². The van der Waals surface area contributed by atoms with Crippen LogP contribution in [0.3, 0.4) is 0 Å². The number of benzene rings is 1. The number of amides is 1. The molecular weight excluding hydrogens is 316 g/mol. The van der Waals surface area contributed by atoms with Gasteiger partial charge >= 0.3 is 0 Å². The Morgan fingerprint density at radius 1 is 1.17 bits per heavy atom. The minimum atomic E-state index is 0.0685. The van der Waals surface area contributed by atoms with E-state index in [0.717, 1.165) is 19.6 Å². The number of nitrogens with zero attached hydrogens (tertiary/aromatic N) is 1. The molecule has 2 unspecified atom stereocenters. The maximum Gasteiger partial charge on any atom is 0.236 e. The summed E-state index contributed by atoms with van der Waals surface area (Å²) in [6.45, 7) is 11.8. The molecule has 0 aromatic heterocycles. The lowest BCUT2D eigenvalue weighted by atomic mass is 9.86. The third-order valence-electron chi connectivity index (χ3n) is 5.22. The molecule has 2 aliphatic heterocycles. The standard InChI is InChI=1S/C20H30N2OS/c1-14-18(23)22(13-15-9-11-21-12-10-15)19(24-14)16-5-7-17(8-6-16)20(2,3)4/h5-8,14-15,19,21H,9-13H2,1-4H3. The Labute approximate surface area is 150 Å². The fourth-order valence-electron chi connectivity index (χ4n) is 3.61. The summed E-state index contributed by atoms with van der Waals surface area (Å²) in [6.07, 6.45) is 2.36. The van der Waals surface area contributed by atoms with Gasteiger partial charge in [-0.1, -0.05) is 45.0 Å². The summed E-state index contributed by atoms with van der Waals surface area (Å²) in [4.78, 5) is 14.8. The van der Waals surface area contributed by atoms with Crippen molar-refractivity contribution in [3.63, 3.8) is 0 Å². The Balaban J connectivity index is 1.77. The van der Waals surface area contributed by atoms with Gasteiger partial charge in [-0.2, -0.15) is 0 Å². The van der Waals surface area contributed by atoms with Gasteiger partial charge in [-0.15, -0.1) is 11.8 Å². The molecule has 4 heteroatoms.